The summed E-state index contributed by atoms with van der Waals surface area (Å²) in [6.45, 7) is 10.5. The summed E-state index contributed by atoms with van der Waals surface area (Å²) in [4.78, 5) is 3.90. The van der Waals surface area contributed by atoms with Gasteiger partial charge in [0, 0.05) is 19.1 Å². The Morgan fingerprint density at radius 3 is 2.69 bits per heavy atom. The van der Waals surface area contributed by atoms with Gasteiger partial charge < -0.3 is 10.6 Å². The zero-order valence-electron chi connectivity index (χ0n) is 10.5. The van der Waals surface area contributed by atoms with Gasteiger partial charge in [-0.2, -0.15) is 5.10 Å². The van der Waals surface area contributed by atoms with Crippen molar-refractivity contribution in [2.45, 2.75) is 33.4 Å². The smallest absolute Gasteiger partial charge is 0.137 e. The lowest BCUT2D eigenvalue weighted by Gasteiger charge is -2.15. The fourth-order valence-electron chi connectivity index (χ4n) is 1.43. The molecule has 0 saturated heterocycles. The average Bonchev–Trinajstić information content (AvgIpc) is 2.70. The first-order valence-electron chi connectivity index (χ1n) is 5.95. The molecule has 92 valence electrons. The van der Waals surface area contributed by atoms with E-state index >= 15 is 0 Å². The molecule has 1 aromatic heterocycles. The number of hydrogen-bond donors (Lipinski definition) is 2. The zero-order chi connectivity index (χ0) is 11.8. The van der Waals surface area contributed by atoms with Crippen LogP contribution in [0.5, 0.6) is 0 Å². The average molecular weight is 225 g/mol. The number of nitrogens with one attached hydrogen (secondary N) is 2. The van der Waals surface area contributed by atoms with Crippen LogP contribution in [0.1, 0.15) is 20.8 Å². The Bertz CT molecular complexity index is 257. The molecule has 0 aromatic carbocycles. The van der Waals surface area contributed by atoms with Gasteiger partial charge >= 0.3 is 0 Å². The van der Waals surface area contributed by atoms with Gasteiger partial charge in [0.05, 0.1) is 6.54 Å². The number of rotatable bonds is 8. The predicted molar refractivity (Wildman–Crippen MR) is 65.2 cm³/mol. The van der Waals surface area contributed by atoms with E-state index in [0.29, 0.717) is 12.0 Å². The lowest BCUT2D eigenvalue weighted by molar-refractivity contribution is 0.453. The number of hydrogen-bond acceptors (Lipinski definition) is 4. The fourth-order valence-corrected chi connectivity index (χ4v) is 1.43. The van der Waals surface area contributed by atoms with E-state index in [-0.39, 0.29) is 0 Å². The second-order valence-corrected chi connectivity index (χ2v) is 4.57. The monoisotopic (exact) mass is 225 g/mol. The third-order valence-electron chi connectivity index (χ3n) is 2.30. The zero-order valence-corrected chi connectivity index (χ0v) is 10.5. The summed E-state index contributed by atoms with van der Waals surface area (Å²) in [7, 11) is 0. The molecule has 16 heavy (non-hydrogen) atoms. The van der Waals surface area contributed by atoms with E-state index < -0.39 is 0 Å². The van der Waals surface area contributed by atoms with Gasteiger partial charge in [-0.15, -0.1) is 0 Å². The second kappa shape index (κ2) is 7.35. The molecule has 0 bridgehead atoms. The molecular formula is C11H23N5. The van der Waals surface area contributed by atoms with Crippen LogP contribution in [-0.2, 0) is 6.54 Å². The van der Waals surface area contributed by atoms with E-state index in [9.17, 15) is 0 Å². The molecule has 0 saturated carbocycles. The summed E-state index contributed by atoms with van der Waals surface area (Å²) < 4.78 is 1.83. The first-order valence-corrected chi connectivity index (χ1v) is 5.95. The van der Waals surface area contributed by atoms with Gasteiger partial charge in [-0.05, 0) is 19.4 Å². The highest BCUT2D eigenvalue weighted by atomic mass is 15.3. The van der Waals surface area contributed by atoms with Crippen LogP contribution >= 0.6 is 0 Å². The largest absolute Gasteiger partial charge is 0.315 e. The molecule has 0 radical (unpaired) electrons. The fraction of sp³-hybridized carbons (Fsp3) is 0.818. The molecule has 1 heterocycles. The Kier molecular flexibility index (Phi) is 6.03. The van der Waals surface area contributed by atoms with Crippen LogP contribution < -0.4 is 10.6 Å². The third kappa shape index (κ3) is 5.82. The molecule has 1 rings (SSSR count). The van der Waals surface area contributed by atoms with Crippen molar-refractivity contribution >= 4 is 0 Å². The van der Waals surface area contributed by atoms with Crippen molar-refractivity contribution < 1.29 is 0 Å². The van der Waals surface area contributed by atoms with Gasteiger partial charge in [-0.3, -0.25) is 4.68 Å². The first-order chi connectivity index (χ1) is 7.68. The van der Waals surface area contributed by atoms with Crippen molar-refractivity contribution in [3.63, 3.8) is 0 Å². The van der Waals surface area contributed by atoms with Crippen molar-refractivity contribution in [3.8, 4) is 0 Å². The molecule has 1 atom stereocenters. The highest BCUT2D eigenvalue weighted by molar-refractivity contribution is 4.65. The van der Waals surface area contributed by atoms with E-state index in [2.05, 4.69) is 41.5 Å². The topological polar surface area (TPSA) is 54.8 Å². The van der Waals surface area contributed by atoms with Crippen molar-refractivity contribution in [2.75, 3.05) is 19.6 Å². The molecule has 0 fully saturated rings. The summed E-state index contributed by atoms with van der Waals surface area (Å²) >= 11 is 0. The van der Waals surface area contributed by atoms with E-state index in [4.69, 9.17) is 0 Å². The van der Waals surface area contributed by atoms with Crippen LogP contribution in [0.4, 0.5) is 0 Å². The summed E-state index contributed by atoms with van der Waals surface area (Å²) in [6.07, 6.45) is 3.30. The summed E-state index contributed by atoms with van der Waals surface area (Å²) in [5.74, 6) is 0.711. The van der Waals surface area contributed by atoms with Gasteiger partial charge in [0.1, 0.15) is 12.7 Å². The Balaban J connectivity index is 2.00. The van der Waals surface area contributed by atoms with Gasteiger partial charge in [0.2, 0.25) is 0 Å². The van der Waals surface area contributed by atoms with Crippen LogP contribution in [0.2, 0.25) is 0 Å². The summed E-state index contributed by atoms with van der Waals surface area (Å²) in [5, 5.41) is 10.9. The molecule has 1 aromatic rings. The minimum atomic E-state index is 0.488. The van der Waals surface area contributed by atoms with E-state index in [1.54, 1.807) is 12.7 Å². The first kappa shape index (κ1) is 13.1. The summed E-state index contributed by atoms with van der Waals surface area (Å²) in [6, 6.07) is 0.488. The van der Waals surface area contributed by atoms with E-state index in [1.807, 2.05) is 4.68 Å². The standard InChI is InChI=1S/C11H23N5/c1-10(2)6-12-7-11(3)14-4-5-16-9-13-8-15-16/h8-12,14H,4-7H2,1-3H3. The SMILES string of the molecule is CC(C)CNCC(C)NCCn1cncn1. The molecule has 1 unspecified atom stereocenters. The molecular weight excluding hydrogens is 202 g/mol. The third-order valence-corrected chi connectivity index (χ3v) is 2.30. The number of aromatic nitrogens is 3. The molecule has 0 spiro atoms. The van der Waals surface area contributed by atoms with Crippen LogP contribution in [0.3, 0.4) is 0 Å². The highest BCUT2D eigenvalue weighted by Gasteiger charge is 2.01. The van der Waals surface area contributed by atoms with Gasteiger partial charge in [-0.25, -0.2) is 4.98 Å². The van der Waals surface area contributed by atoms with E-state index in [1.165, 1.54) is 0 Å². The Labute approximate surface area is 97.6 Å². The van der Waals surface area contributed by atoms with Crippen molar-refractivity contribution in [3.05, 3.63) is 12.7 Å². The summed E-state index contributed by atoms with van der Waals surface area (Å²) in [5.41, 5.74) is 0. The van der Waals surface area contributed by atoms with Gasteiger partial charge in [-0.1, -0.05) is 13.8 Å². The molecule has 0 aliphatic heterocycles. The molecule has 0 aliphatic rings. The predicted octanol–water partition coefficient (Wildman–Crippen LogP) is 0.502. The normalized spacial score (nSPS) is 13.2. The van der Waals surface area contributed by atoms with Crippen LogP contribution in [-0.4, -0.2) is 40.4 Å². The van der Waals surface area contributed by atoms with Gasteiger partial charge in [0.25, 0.3) is 0 Å². The molecule has 5 nitrogen and oxygen atoms in total. The van der Waals surface area contributed by atoms with E-state index in [0.717, 1.165) is 26.2 Å². The van der Waals surface area contributed by atoms with Crippen molar-refractivity contribution in [1.29, 1.82) is 0 Å². The minimum absolute atomic E-state index is 0.488. The minimum Gasteiger partial charge on any atom is -0.315 e. The maximum atomic E-state index is 4.05. The molecule has 0 aliphatic carbocycles. The Morgan fingerprint density at radius 2 is 2.06 bits per heavy atom. The van der Waals surface area contributed by atoms with Crippen LogP contribution in [0.15, 0.2) is 12.7 Å². The van der Waals surface area contributed by atoms with Crippen molar-refractivity contribution in [2.24, 2.45) is 5.92 Å². The van der Waals surface area contributed by atoms with Crippen LogP contribution in [0.25, 0.3) is 0 Å². The molecule has 0 amide bonds. The van der Waals surface area contributed by atoms with Gasteiger partial charge in [0.15, 0.2) is 0 Å². The molecule has 5 heteroatoms. The Hall–Kier alpha value is -0.940. The Morgan fingerprint density at radius 1 is 1.25 bits per heavy atom. The van der Waals surface area contributed by atoms with Crippen molar-refractivity contribution in [1.82, 2.24) is 25.4 Å². The lowest BCUT2D eigenvalue weighted by Crippen LogP contribution is -2.38. The number of nitrogens with zero attached hydrogens (tertiary/aromatic N) is 3. The second-order valence-electron chi connectivity index (χ2n) is 4.57. The maximum absolute atomic E-state index is 4.05. The quantitative estimate of drug-likeness (QED) is 0.676. The maximum Gasteiger partial charge on any atom is 0.137 e. The van der Waals surface area contributed by atoms with Crippen LogP contribution in [0, 0.1) is 5.92 Å². The molecule has 2 N–H and O–H groups in total. The lowest BCUT2D eigenvalue weighted by atomic mass is 10.2. The highest BCUT2D eigenvalue weighted by Crippen LogP contribution is 1.88.